The van der Waals surface area contributed by atoms with Gasteiger partial charge in [-0.1, -0.05) is 48.9 Å². The second kappa shape index (κ2) is 8.26. The number of urea groups is 1. The zero-order valence-corrected chi connectivity index (χ0v) is 15.3. The number of halogens is 1. The molecule has 1 saturated heterocycles. The highest BCUT2D eigenvalue weighted by Gasteiger charge is 2.21. The molecule has 1 fully saturated rings. The highest BCUT2D eigenvalue weighted by molar-refractivity contribution is 6.31. The van der Waals surface area contributed by atoms with Crippen LogP contribution in [0, 0.1) is 0 Å². The molecule has 2 aromatic carbocycles. The topological polar surface area (TPSA) is 35.6 Å². The molecule has 0 unspecified atom stereocenters. The molecule has 25 heavy (non-hydrogen) atoms. The molecule has 0 atom stereocenters. The molecule has 1 aliphatic heterocycles. The van der Waals surface area contributed by atoms with Crippen LogP contribution in [0.1, 0.15) is 18.1 Å². The maximum absolute atomic E-state index is 12.4. The lowest BCUT2D eigenvalue weighted by Crippen LogP contribution is -2.51. The Kier molecular flexibility index (Phi) is 5.82. The van der Waals surface area contributed by atoms with Crippen molar-refractivity contribution in [2.45, 2.75) is 19.9 Å². The predicted molar refractivity (Wildman–Crippen MR) is 103 cm³/mol. The SMILES string of the molecule is CCc1ccc(N2CCN(C(=O)NCc3ccccc3Cl)CC2)cc1. The second-order valence-corrected chi connectivity index (χ2v) is 6.65. The van der Waals surface area contributed by atoms with Crippen molar-refractivity contribution >= 4 is 23.3 Å². The van der Waals surface area contributed by atoms with E-state index >= 15 is 0 Å². The van der Waals surface area contributed by atoms with Gasteiger partial charge in [0.25, 0.3) is 0 Å². The summed E-state index contributed by atoms with van der Waals surface area (Å²) in [6, 6.07) is 16.3. The summed E-state index contributed by atoms with van der Waals surface area (Å²) < 4.78 is 0. The molecular formula is C20H24ClN3O. The minimum Gasteiger partial charge on any atom is -0.368 e. The third-order valence-electron chi connectivity index (χ3n) is 4.66. The van der Waals surface area contributed by atoms with Crippen molar-refractivity contribution in [2.75, 3.05) is 31.1 Å². The van der Waals surface area contributed by atoms with Gasteiger partial charge in [0.2, 0.25) is 0 Å². The summed E-state index contributed by atoms with van der Waals surface area (Å²) in [4.78, 5) is 16.6. The minimum absolute atomic E-state index is 0.0269. The number of hydrogen-bond donors (Lipinski definition) is 1. The second-order valence-electron chi connectivity index (χ2n) is 6.24. The number of rotatable bonds is 4. The lowest BCUT2D eigenvalue weighted by atomic mass is 10.1. The number of carbonyl (C=O) groups is 1. The maximum Gasteiger partial charge on any atom is 0.317 e. The van der Waals surface area contributed by atoms with E-state index in [0.717, 1.165) is 38.2 Å². The third-order valence-corrected chi connectivity index (χ3v) is 5.03. The number of nitrogens with one attached hydrogen (secondary N) is 1. The summed E-state index contributed by atoms with van der Waals surface area (Å²) in [5.74, 6) is 0. The van der Waals surface area contributed by atoms with Gasteiger partial charge in [-0.2, -0.15) is 0 Å². The molecule has 4 nitrogen and oxygen atoms in total. The molecule has 0 radical (unpaired) electrons. The Morgan fingerprint density at radius 3 is 2.36 bits per heavy atom. The zero-order valence-electron chi connectivity index (χ0n) is 14.5. The number of aryl methyl sites for hydroxylation is 1. The molecule has 1 heterocycles. The Labute approximate surface area is 154 Å². The zero-order chi connectivity index (χ0) is 17.6. The first kappa shape index (κ1) is 17.6. The molecule has 5 heteroatoms. The molecule has 0 aliphatic carbocycles. The Bertz CT molecular complexity index is 709. The predicted octanol–water partition coefficient (Wildman–Crippen LogP) is 3.93. The molecule has 3 rings (SSSR count). The molecule has 132 valence electrons. The standard InChI is InChI=1S/C20H24ClN3O/c1-2-16-7-9-18(10-8-16)23-11-13-24(14-12-23)20(25)22-15-17-5-3-4-6-19(17)21/h3-10H,2,11-15H2,1H3,(H,22,25). The van der Waals surface area contributed by atoms with Crippen LogP contribution in [0.3, 0.4) is 0 Å². The van der Waals surface area contributed by atoms with Gasteiger partial charge in [0.1, 0.15) is 0 Å². The maximum atomic E-state index is 12.4. The van der Waals surface area contributed by atoms with Gasteiger partial charge in [-0.05, 0) is 35.7 Å². The average Bonchev–Trinajstić information content (AvgIpc) is 2.67. The summed E-state index contributed by atoms with van der Waals surface area (Å²) in [6.07, 6.45) is 1.06. The molecule has 2 amide bonds. The molecule has 1 aliphatic rings. The van der Waals surface area contributed by atoms with E-state index in [1.807, 2.05) is 29.2 Å². The summed E-state index contributed by atoms with van der Waals surface area (Å²) in [5.41, 5.74) is 3.52. The molecule has 1 N–H and O–H groups in total. The Hall–Kier alpha value is -2.20. The first-order chi connectivity index (χ1) is 12.2. The van der Waals surface area contributed by atoms with Crippen LogP contribution in [0.25, 0.3) is 0 Å². The van der Waals surface area contributed by atoms with Crippen LogP contribution in [0.5, 0.6) is 0 Å². The van der Waals surface area contributed by atoms with Gasteiger partial charge in [-0.15, -0.1) is 0 Å². The number of hydrogen-bond acceptors (Lipinski definition) is 2. The van der Waals surface area contributed by atoms with E-state index in [2.05, 4.69) is 41.4 Å². The van der Waals surface area contributed by atoms with Crippen molar-refractivity contribution in [3.8, 4) is 0 Å². The van der Waals surface area contributed by atoms with Crippen LogP contribution < -0.4 is 10.2 Å². The smallest absolute Gasteiger partial charge is 0.317 e. The van der Waals surface area contributed by atoms with Crippen LogP contribution in [0.2, 0.25) is 5.02 Å². The largest absolute Gasteiger partial charge is 0.368 e. The van der Waals surface area contributed by atoms with Gasteiger partial charge in [-0.25, -0.2) is 4.79 Å². The van der Waals surface area contributed by atoms with Crippen molar-refractivity contribution in [3.05, 3.63) is 64.7 Å². The average molecular weight is 358 g/mol. The van der Waals surface area contributed by atoms with Gasteiger partial charge >= 0.3 is 6.03 Å². The van der Waals surface area contributed by atoms with E-state index < -0.39 is 0 Å². The molecule has 0 spiro atoms. The fourth-order valence-electron chi connectivity index (χ4n) is 3.03. The van der Waals surface area contributed by atoms with Crippen molar-refractivity contribution in [1.82, 2.24) is 10.2 Å². The van der Waals surface area contributed by atoms with Crippen LogP contribution >= 0.6 is 11.6 Å². The summed E-state index contributed by atoms with van der Waals surface area (Å²) >= 11 is 6.13. The number of nitrogens with zero attached hydrogens (tertiary/aromatic N) is 2. The number of benzene rings is 2. The van der Waals surface area contributed by atoms with E-state index in [9.17, 15) is 4.79 Å². The van der Waals surface area contributed by atoms with E-state index in [1.165, 1.54) is 11.3 Å². The normalized spacial score (nSPS) is 14.5. The number of carbonyl (C=O) groups excluding carboxylic acids is 1. The quantitative estimate of drug-likeness (QED) is 0.899. The van der Waals surface area contributed by atoms with E-state index in [1.54, 1.807) is 0 Å². The van der Waals surface area contributed by atoms with E-state index in [4.69, 9.17) is 11.6 Å². The molecule has 0 aromatic heterocycles. The van der Waals surface area contributed by atoms with Gasteiger partial charge in [0.05, 0.1) is 0 Å². The summed E-state index contributed by atoms with van der Waals surface area (Å²) in [7, 11) is 0. The number of amides is 2. The molecule has 2 aromatic rings. The molecule has 0 saturated carbocycles. The van der Waals surface area contributed by atoms with Gasteiger partial charge < -0.3 is 15.1 Å². The van der Waals surface area contributed by atoms with Crippen LogP contribution in [0.15, 0.2) is 48.5 Å². The lowest BCUT2D eigenvalue weighted by Gasteiger charge is -2.36. The van der Waals surface area contributed by atoms with Crippen LogP contribution in [0.4, 0.5) is 10.5 Å². The Morgan fingerprint density at radius 2 is 1.72 bits per heavy atom. The van der Waals surface area contributed by atoms with Gasteiger partial charge in [0.15, 0.2) is 0 Å². The third kappa shape index (κ3) is 4.45. The van der Waals surface area contributed by atoms with Crippen molar-refractivity contribution in [1.29, 1.82) is 0 Å². The number of anilines is 1. The Morgan fingerprint density at radius 1 is 1.04 bits per heavy atom. The Balaban J connectivity index is 1.49. The molecule has 0 bridgehead atoms. The van der Waals surface area contributed by atoms with Crippen molar-refractivity contribution in [3.63, 3.8) is 0 Å². The highest BCUT2D eigenvalue weighted by Crippen LogP contribution is 2.18. The van der Waals surface area contributed by atoms with Gasteiger partial charge in [0, 0.05) is 43.4 Å². The van der Waals surface area contributed by atoms with E-state index in [0.29, 0.717) is 11.6 Å². The van der Waals surface area contributed by atoms with Crippen molar-refractivity contribution < 1.29 is 4.79 Å². The molecular weight excluding hydrogens is 334 g/mol. The fourth-order valence-corrected chi connectivity index (χ4v) is 3.24. The van der Waals surface area contributed by atoms with E-state index in [-0.39, 0.29) is 6.03 Å². The summed E-state index contributed by atoms with van der Waals surface area (Å²) in [6.45, 7) is 5.77. The highest BCUT2D eigenvalue weighted by atomic mass is 35.5. The van der Waals surface area contributed by atoms with Crippen LogP contribution in [-0.2, 0) is 13.0 Å². The van der Waals surface area contributed by atoms with Gasteiger partial charge in [-0.3, -0.25) is 0 Å². The lowest BCUT2D eigenvalue weighted by molar-refractivity contribution is 0.194. The number of piperazine rings is 1. The monoisotopic (exact) mass is 357 g/mol. The fraction of sp³-hybridized carbons (Fsp3) is 0.350. The first-order valence-electron chi connectivity index (χ1n) is 8.77. The minimum atomic E-state index is -0.0269. The first-order valence-corrected chi connectivity index (χ1v) is 9.15. The summed E-state index contributed by atoms with van der Waals surface area (Å²) in [5, 5.41) is 3.65. The van der Waals surface area contributed by atoms with Crippen LogP contribution in [-0.4, -0.2) is 37.1 Å². The van der Waals surface area contributed by atoms with Crippen molar-refractivity contribution in [2.24, 2.45) is 0 Å².